The molecule has 2 aromatic carbocycles. The number of carbonyl (C=O) groups is 1. The van der Waals surface area contributed by atoms with Gasteiger partial charge in [-0.05, 0) is 43.0 Å². The number of halogens is 3. The van der Waals surface area contributed by atoms with Gasteiger partial charge in [0.2, 0.25) is 10.2 Å². The van der Waals surface area contributed by atoms with Crippen LogP contribution < -0.4 is 4.74 Å². The smallest absolute Gasteiger partial charge is 0.441 e. The number of aliphatic imine (C=N–C) groups is 1. The molecule has 5 rings (SSSR count). The minimum Gasteiger partial charge on any atom is -0.492 e. The van der Waals surface area contributed by atoms with Gasteiger partial charge in [-0.3, -0.25) is 10.2 Å². The van der Waals surface area contributed by atoms with Gasteiger partial charge in [-0.2, -0.15) is 28.3 Å². The molecule has 1 amide bonds. The van der Waals surface area contributed by atoms with Crippen LogP contribution in [0.15, 0.2) is 70.3 Å². The Morgan fingerprint density at radius 1 is 1.11 bits per heavy atom. The van der Waals surface area contributed by atoms with Crippen LogP contribution >= 0.6 is 11.8 Å². The number of thioether (sulfide) groups is 1. The third-order valence-corrected chi connectivity index (χ3v) is 6.55. The van der Waals surface area contributed by atoms with Crippen molar-refractivity contribution in [2.24, 2.45) is 10.1 Å². The third kappa shape index (κ3) is 4.23. The number of hydrogen-bond donors (Lipinski definition) is 1. The molecule has 0 spiro atoms. The Kier molecular flexibility index (Phi) is 5.72. The lowest BCUT2D eigenvalue weighted by molar-refractivity contribution is -0.114. The van der Waals surface area contributed by atoms with Crippen LogP contribution in [-0.2, 0) is 11.3 Å². The summed E-state index contributed by atoms with van der Waals surface area (Å²) in [7, 11) is 0. The minimum atomic E-state index is -4.69. The number of alkyl halides is 3. The highest BCUT2D eigenvalue weighted by atomic mass is 32.2. The van der Waals surface area contributed by atoms with Gasteiger partial charge in [-0.15, -0.1) is 0 Å². The van der Waals surface area contributed by atoms with Crippen molar-refractivity contribution in [1.82, 2.24) is 9.58 Å². The second-order valence-corrected chi connectivity index (χ2v) is 8.71. The number of para-hydroxylation sites is 2. The highest BCUT2D eigenvalue weighted by Gasteiger charge is 2.46. The lowest BCUT2D eigenvalue weighted by Crippen LogP contribution is -2.35. The van der Waals surface area contributed by atoms with E-state index in [1.54, 1.807) is 0 Å². The van der Waals surface area contributed by atoms with E-state index in [1.807, 2.05) is 66.1 Å². The van der Waals surface area contributed by atoms with Crippen LogP contribution in [0.2, 0.25) is 0 Å². The molecule has 0 fully saturated rings. The van der Waals surface area contributed by atoms with E-state index in [4.69, 9.17) is 10.1 Å². The van der Waals surface area contributed by atoms with Crippen LogP contribution in [0.25, 0.3) is 17.0 Å². The Bertz CT molecular complexity index is 1440. The van der Waals surface area contributed by atoms with E-state index < -0.39 is 23.0 Å². The summed E-state index contributed by atoms with van der Waals surface area (Å²) in [5.41, 5.74) is 2.27. The normalized spacial score (nSPS) is 17.1. The molecule has 0 saturated carbocycles. The number of amidine groups is 2. The van der Waals surface area contributed by atoms with Gasteiger partial charge in [-0.1, -0.05) is 36.4 Å². The Morgan fingerprint density at radius 3 is 2.57 bits per heavy atom. The van der Waals surface area contributed by atoms with E-state index in [0.717, 1.165) is 27.4 Å². The molecule has 2 aliphatic heterocycles. The number of aromatic nitrogens is 1. The zero-order chi connectivity index (χ0) is 24.7. The predicted octanol–water partition coefficient (Wildman–Crippen LogP) is 5.21. The van der Waals surface area contributed by atoms with Crippen LogP contribution in [0.5, 0.6) is 5.75 Å². The fraction of sp³-hybridized carbons (Fsp3) is 0.167. The molecular weight excluding hydrogens is 479 g/mol. The summed E-state index contributed by atoms with van der Waals surface area (Å²) in [4.78, 5) is 16.4. The Balaban J connectivity index is 1.49. The molecule has 178 valence electrons. The molecule has 1 N–H and O–H groups in total. The lowest BCUT2D eigenvalue weighted by atomic mass is 10.1. The molecule has 0 unspecified atom stereocenters. The number of hydrogen-bond acceptors (Lipinski definition) is 5. The number of ether oxygens (including phenoxy) is 1. The first-order valence-electron chi connectivity index (χ1n) is 10.6. The van der Waals surface area contributed by atoms with Crippen molar-refractivity contribution in [3.63, 3.8) is 0 Å². The van der Waals surface area contributed by atoms with E-state index >= 15 is 0 Å². The maximum Gasteiger partial charge on any atom is 0.441 e. The molecule has 0 aliphatic carbocycles. The molecule has 7 nitrogen and oxygen atoms in total. The zero-order valence-corrected chi connectivity index (χ0v) is 19.2. The van der Waals surface area contributed by atoms with Crippen molar-refractivity contribution >= 4 is 50.7 Å². The summed E-state index contributed by atoms with van der Waals surface area (Å²) in [6, 6.07) is 17.0. The van der Waals surface area contributed by atoms with Crippen molar-refractivity contribution in [1.29, 1.82) is 5.41 Å². The van der Waals surface area contributed by atoms with E-state index in [2.05, 4.69) is 10.1 Å². The number of benzene rings is 2. The molecule has 0 radical (unpaired) electrons. The summed E-state index contributed by atoms with van der Waals surface area (Å²) in [6.45, 7) is 2.81. The Hall–Kier alpha value is -3.86. The number of nitrogens with one attached hydrogen (secondary N) is 1. The first kappa shape index (κ1) is 22.9. The van der Waals surface area contributed by atoms with Crippen molar-refractivity contribution < 1.29 is 22.7 Å². The van der Waals surface area contributed by atoms with E-state index in [-0.39, 0.29) is 22.5 Å². The third-order valence-electron chi connectivity index (χ3n) is 5.59. The first-order valence-corrected chi connectivity index (χ1v) is 11.4. The van der Waals surface area contributed by atoms with Crippen LogP contribution in [0.1, 0.15) is 11.3 Å². The minimum absolute atomic E-state index is 0.131. The largest absolute Gasteiger partial charge is 0.492 e. The Morgan fingerprint density at radius 2 is 1.83 bits per heavy atom. The summed E-state index contributed by atoms with van der Waals surface area (Å²) in [5.74, 6) is -0.479. The Labute approximate surface area is 202 Å². The fourth-order valence-corrected chi connectivity index (χ4v) is 4.71. The van der Waals surface area contributed by atoms with Gasteiger partial charge in [-0.25, -0.2) is 0 Å². The van der Waals surface area contributed by atoms with Gasteiger partial charge in [0, 0.05) is 22.2 Å². The van der Waals surface area contributed by atoms with Crippen molar-refractivity contribution in [2.45, 2.75) is 19.6 Å². The van der Waals surface area contributed by atoms with Crippen LogP contribution in [0, 0.1) is 12.3 Å². The van der Waals surface area contributed by atoms with Gasteiger partial charge in [0.05, 0.1) is 12.1 Å². The van der Waals surface area contributed by atoms with Gasteiger partial charge in [0.15, 0.2) is 5.84 Å². The lowest BCUT2D eigenvalue weighted by Gasteiger charge is -2.20. The predicted molar refractivity (Wildman–Crippen MR) is 130 cm³/mol. The van der Waals surface area contributed by atoms with Gasteiger partial charge >= 0.3 is 6.18 Å². The van der Waals surface area contributed by atoms with E-state index in [9.17, 15) is 18.0 Å². The summed E-state index contributed by atoms with van der Waals surface area (Å²) in [5, 5.41) is 12.0. The number of amides is 1. The van der Waals surface area contributed by atoms with Crippen molar-refractivity contribution in [2.75, 3.05) is 6.61 Å². The average Bonchev–Trinajstić information content (AvgIpc) is 3.37. The second kappa shape index (κ2) is 8.73. The maximum absolute atomic E-state index is 13.1. The van der Waals surface area contributed by atoms with Gasteiger partial charge < -0.3 is 9.30 Å². The zero-order valence-electron chi connectivity index (χ0n) is 18.3. The molecule has 0 bridgehead atoms. The summed E-state index contributed by atoms with van der Waals surface area (Å²) >= 11 is 0.228. The molecule has 0 saturated heterocycles. The molecule has 35 heavy (non-hydrogen) atoms. The average molecular weight is 498 g/mol. The number of fused-ring (bicyclic) bond motifs is 2. The number of rotatable bonds is 5. The maximum atomic E-state index is 13.1. The quantitative estimate of drug-likeness (QED) is 0.491. The van der Waals surface area contributed by atoms with Crippen LogP contribution in [0.4, 0.5) is 13.2 Å². The molecule has 11 heteroatoms. The van der Waals surface area contributed by atoms with Crippen LogP contribution in [-0.4, -0.2) is 44.3 Å². The molecule has 2 aliphatic rings. The summed E-state index contributed by atoms with van der Waals surface area (Å²) in [6.07, 6.45) is -3.19. The monoisotopic (exact) mass is 497 g/mol. The highest BCUT2D eigenvalue weighted by Crippen LogP contribution is 2.36. The SMILES string of the molecule is Cc1c(/C=C2/C(=N)N3N=C(C(F)(F)F)SC3=NC2=O)c2ccccc2n1CCOc1ccccc1. The van der Waals surface area contributed by atoms with Crippen molar-refractivity contribution in [3.8, 4) is 5.75 Å². The second-order valence-electron chi connectivity index (χ2n) is 7.75. The topological polar surface area (TPSA) is 83.0 Å². The number of nitrogens with zero attached hydrogens (tertiary/aromatic N) is 4. The van der Waals surface area contributed by atoms with Crippen LogP contribution in [0.3, 0.4) is 0 Å². The molecule has 3 heterocycles. The van der Waals surface area contributed by atoms with E-state index in [0.29, 0.717) is 18.7 Å². The number of hydrazone groups is 1. The molecule has 1 aromatic heterocycles. The van der Waals surface area contributed by atoms with E-state index in [1.165, 1.54) is 6.08 Å². The van der Waals surface area contributed by atoms with Gasteiger partial charge in [0.25, 0.3) is 5.91 Å². The molecule has 3 aromatic rings. The standard InChI is InChI=1S/C24H18F3N5O2S/c1-14-17(13-18-20(28)32-23(29-21(18)33)35-22(30-32)24(25,26)27)16-9-5-6-10-19(16)31(14)11-12-34-15-7-3-2-4-8-15/h2-10,13,28H,11-12H2,1H3/b18-13-,28-20?. The van der Waals surface area contributed by atoms with Gasteiger partial charge in [0.1, 0.15) is 12.4 Å². The van der Waals surface area contributed by atoms with Crippen molar-refractivity contribution in [3.05, 3.63) is 71.4 Å². The summed E-state index contributed by atoms with van der Waals surface area (Å²) < 4.78 is 47.2. The highest BCUT2D eigenvalue weighted by molar-refractivity contribution is 8.27. The fourth-order valence-electron chi connectivity index (χ4n) is 3.95. The number of carbonyl (C=O) groups excluding carboxylic acids is 1. The molecular formula is C24H18F3N5O2S. The molecule has 0 atom stereocenters. The first-order chi connectivity index (χ1) is 16.7.